The van der Waals surface area contributed by atoms with Gasteiger partial charge in [0.1, 0.15) is 6.10 Å². The van der Waals surface area contributed by atoms with Gasteiger partial charge >= 0.3 is 5.97 Å². The van der Waals surface area contributed by atoms with Crippen molar-refractivity contribution in [1.29, 1.82) is 0 Å². The second kappa shape index (κ2) is 6.32. The monoisotopic (exact) mass is 364 g/mol. The van der Waals surface area contributed by atoms with Crippen molar-refractivity contribution in [3.8, 4) is 0 Å². The van der Waals surface area contributed by atoms with Crippen LogP contribution in [0.2, 0.25) is 0 Å². The van der Waals surface area contributed by atoms with E-state index in [9.17, 15) is 15.0 Å². The van der Waals surface area contributed by atoms with Gasteiger partial charge in [0, 0.05) is 17.8 Å². The molecule has 0 aromatic rings. The van der Waals surface area contributed by atoms with E-state index in [1.54, 1.807) is 0 Å². The van der Waals surface area contributed by atoms with E-state index in [4.69, 9.17) is 9.47 Å². The number of ether oxygens (including phenoxy) is 2. The van der Waals surface area contributed by atoms with E-state index in [0.29, 0.717) is 25.4 Å². The maximum atomic E-state index is 11.8. The molecule has 0 amide bonds. The van der Waals surface area contributed by atoms with Crippen LogP contribution in [-0.4, -0.2) is 47.2 Å². The van der Waals surface area contributed by atoms with Crippen molar-refractivity contribution in [2.75, 3.05) is 6.61 Å². The van der Waals surface area contributed by atoms with Gasteiger partial charge in [0.05, 0.1) is 24.9 Å². The molecule has 2 N–H and O–H groups in total. The van der Waals surface area contributed by atoms with Gasteiger partial charge in [0.15, 0.2) is 0 Å². The topological polar surface area (TPSA) is 76.0 Å². The molecule has 4 aliphatic rings. The molecule has 26 heavy (non-hydrogen) atoms. The Morgan fingerprint density at radius 1 is 1.31 bits per heavy atom. The van der Waals surface area contributed by atoms with Crippen LogP contribution in [0.1, 0.15) is 59.3 Å². The van der Waals surface area contributed by atoms with E-state index in [2.05, 4.69) is 13.8 Å². The molecule has 4 rings (SSSR count). The van der Waals surface area contributed by atoms with Crippen molar-refractivity contribution in [3.63, 3.8) is 0 Å². The number of aliphatic hydroxyl groups excluding tert-OH is 2. The van der Waals surface area contributed by atoms with Crippen LogP contribution >= 0.6 is 0 Å². The summed E-state index contributed by atoms with van der Waals surface area (Å²) in [6.45, 7) is 6.70. The van der Waals surface area contributed by atoms with Crippen molar-refractivity contribution in [1.82, 2.24) is 0 Å². The summed E-state index contributed by atoms with van der Waals surface area (Å²) in [5.41, 5.74) is 1.02. The Kier molecular flexibility index (Phi) is 4.48. The molecule has 0 spiro atoms. The van der Waals surface area contributed by atoms with Gasteiger partial charge in [-0.2, -0.15) is 0 Å². The van der Waals surface area contributed by atoms with Crippen LogP contribution < -0.4 is 0 Å². The first-order valence-corrected chi connectivity index (χ1v) is 10.2. The van der Waals surface area contributed by atoms with Gasteiger partial charge in [-0.1, -0.05) is 32.4 Å². The van der Waals surface area contributed by atoms with Crippen molar-refractivity contribution in [3.05, 3.63) is 11.6 Å². The maximum Gasteiger partial charge on any atom is 0.305 e. The molecule has 8 atom stereocenters. The molecule has 0 bridgehead atoms. The summed E-state index contributed by atoms with van der Waals surface area (Å²) in [6.07, 6.45) is 5.62. The summed E-state index contributed by atoms with van der Waals surface area (Å²) in [5, 5.41) is 21.1. The lowest BCUT2D eigenvalue weighted by Crippen LogP contribution is -2.58. The first kappa shape index (κ1) is 18.5. The Bertz CT molecular complexity index is 616. The minimum atomic E-state index is -0.557. The molecule has 0 aromatic heterocycles. The highest BCUT2D eigenvalue weighted by atomic mass is 16.6. The van der Waals surface area contributed by atoms with Gasteiger partial charge in [0.25, 0.3) is 0 Å². The number of carbonyl (C=O) groups excluding carboxylic acids is 1. The number of esters is 1. The van der Waals surface area contributed by atoms with E-state index in [1.165, 1.54) is 5.57 Å². The lowest BCUT2D eigenvalue weighted by molar-refractivity contribution is -0.158. The number of hydrogen-bond acceptors (Lipinski definition) is 5. The van der Waals surface area contributed by atoms with Crippen molar-refractivity contribution >= 4 is 5.97 Å². The summed E-state index contributed by atoms with van der Waals surface area (Å²) in [6, 6.07) is 0. The third-order valence-electron chi connectivity index (χ3n) is 7.95. The lowest BCUT2D eigenvalue weighted by atomic mass is 9.49. The average molecular weight is 364 g/mol. The minimum Gasteiger partial charge on any atom is -0.459 e. The van der Waals surface area contributed by atoms with E-state index in [1.807, 2.05) is 13.0 Å². The second-order valence-electron chi connectivity index (χ2n) is 9.31. The summed E-state index contributed by atoms with van der Waals surface area (Å²) in [4.78, 5) is 11.8. The van der Waals surface area contributed by atoms with Crippen LogP contribution in [0, 0.1) is 22.7 Å². The van der Waals surface area contributed by atoms with E-state index < -0.39 is 6.10 Å². The van der Waals surface area contributed by atoms with Crippen LogP contribution in [0.5, 0.6) is 0 Å². The molecule has 5 nitrogen and oxygen atoms in total. The molecule has 2 saturated carbocycles. The number of hydrogen-bond donors (Lipinski definition) is 2. The van der Waals surface area contributed by atoms with Gasteiger partial charge in [-0.05, 0) is 43.4 Å². The highest BCUT2D eigenvalue weighted by Crippen LogP contribution is 2.62. The quantitative estimate of drug-likeness (QED) is 0.582. The molecule has 1 aliphatic heterocycles. The first-order chi connectivity index (χ1) is 12.3. The number of rotatable bonds is 2. The predicted molar refractivity (Wildman–Crippen MR) is 96.3 cm³/mol. The molecule has 1 saturated heterocycles. The van der Waals surface area contributed by atoms with Crippen LogP contribution in [0.25, 0.3) is 0 Å². The fourth-order valence-corrected chi connectivity index (χ4v) is 6.27. The SMILES string of the molecule is CCC(=O)O[C@H]1COC2C3C(O)C=C4C[C@@H](O)CC[C@]4(C)C3CC[C@@]21C. The molecule has 3 aliphatic carbocycles. The highest BCUT2D eigenvalue weighted by Gasteiger charge is 2.62. The minimum absolute atomic E-state index is 0.0306. The molecule has 0 aromatic carbocycles. The third-order valence-corrected chi connectivity index (χ3v) is 7.95. The van der Waals surface area contributed by atoms with Crippen molar-refractivity contribution in [2.24, 2.45) is 22.7 Å². The van der Waals surface area contributed by atoms with E-state index in [0.717, 1.165) is 25.7 Å². The van der Waals surface area contributed by atoms with Gasteiger partial charge in [-0.3, -0.25) is 4.79 Å². The van der Waals surface area contributed by atoms with Crippen LogP contribution in [0.3, 0.4) is 0 Å². The van der Waals surface area contributed by atoms with Gasteiger partial charge in [-0.15, -0.1) is 0 Å². The summed E-state index contributed by atoms with van der Waals surface area (Å²) in [5.74, 6) is 0.203. The van der Waals surface area contributed by atoms with Crippen LogP contribution in [-0.2, 0) is 14.3 Å². The molecule has 3 fully saturated rings. The van der Waals surface area contributed by atoms with Gasteiger partial charge in [0.2, 0.25) is 0 Å². The Balaban J connectivity index is 1.64. The van der Waals surface area contributed by atoms with Gasteiger partial charge < -0.3 is 19.7 Å². The molecule has 0 radical (unpaired) electrons. The second-order valence-corrected chi connectivity index (χ2v) is 9.31. The first-order valence-electron chi connectivity index (χ1n) is 10.2. The number of fused-ring (bicyclic) bond motifs is 5. The van der Waals surface area contributed by atoms with E-state index in [-0.39, 0.29) is 41.0 Å². The Labute approximate surface area is 155 Å². The highest BCUT2D eigenvalue weighted by molar-refractivity contribution is 5.69. The van der Waals surface area contributed by atoms with Crippen molar-refractivity contribution < 1.29 is 24.5 Å². The number of carbonyl (C=O) groups is 1. The van der Waals surface area contributed by atoms with Crippen molar-refractivity contribution in [2.45, 2.75) is 83.7 Å². The van der Waals surface area contributed by atoms with Crippen LogP contribution in [0.15, 0.2) is 11.6 Å². The summed E-state index contributed by atoms with van der Waals surface area (Å²) < 4.78 is 11.9. The fraction of sp³-hybridized carbons (Fsp3) is 0.857. The van der Waals surface area contributed by atoms with E-state index >= 15 is 0 Å². The lowest BCUT2D eigenvalue weighted by Gasteiger charge is -2.57. The smallest absolute Gasteiger partial charge is 0.305 e. The largest absolute Gasteiger partial charge is 0.459 e. The Morgan fingerprint density at radius 2 is 2.08 bits per heavy atom. The normalized spacial score (nSPS) is 50.3. The third kappa shape index (κ3) is 2.58. The molecule has 5 heteroatoms. The zero-order chi connectivity index (χ0) is 18.7. The zero-order valence-corrected chi connectivity index (χ0v) is 16.1. The van der Waals surface area contributed by atoms with Gasteiger partial charge in [-0.25, -0.2) is 0 Å². The maximum absolute atomic E-state index is 11.8. The molecule has 4 unspecified atom stereocenters. The Hall–Kier alpha value is -0.910. The van der Waals surface area contributed by atoms with Crippen LogP contribution in [0.4, 0.5) is 0 Å². The molecular weight excluding hydrogens is 332 g/mol. The molecule has 1 heterocycles. The zero-order valence-electron chi connectivity index (χ0n) is 16.1. The average Bonchev–Trinajstić information content (AvgIpc) is 2.93. The standard InChI is InChI=1S/C21H32O5/c1-4-17(24)26-16-11-25-19-18-14(6-8-21(16,19)3)20(2)7-5-13(22)9-12(20)10-15(18)23/h10,13-16,18-19,22-23H,4-9,11H2,1-3H3/t13-,14?,15?,16-,18?,19?,20-,21+/m0/s1. The predicted octanol–water partition coefficient (Wildman–Crippen LogP) is 2.59. The Morgan fingerprint density at radius 3 is 2.81 bits per heavy atom. The summed E-state index contributed by atoms with van der Waals surface area (Å²) in [7, 11) is 0. The molecular formula is C21H32O5. The molecule has 146 valence electrons. The summed E-state index contributed by atoms with van der Waals surface area (Å²) >= 11 is 0. The number of aliphatic hydroxyl groups is 2. The fourth-order valence-electron chi connectivity index (χ4n) is 6.27.